The molecule has 18 heavy (non-hydrogen) atoms. The second kappa shape index (κ2) is 5.80. The van der Waals surface area contributed by atoms with Gasteiger partial charge in [-0.1, -0.05) is 30.8 Å². The van der Waals surface area contributed by atoms with Gasteiger partial charge < -0.3 is 14.6 Å². The van der Waals surface area contributed by atoms with Crippen LogP contribution in [0.25, 0.3) is 0 Å². The highest BCUT2D eigenvalue weighted by atomic mass is 16.5. The standard InChI is InChI=1S/C13H21N3O2/c1-2-4-6-10(5-3-1)13-15-12(16-18-13)11-9-17-8-7-14-11/h10-11,14H,1-9H2. The van der Waals surface area contributed by atoms with Crippen molar-refractivity contribution in [1.82, 2.24) is 15.5 Å². The molecule has 1 aliphatic heterocycles. The van der Waals surface area contributed by atoms with Gasteiger partial charge in [0.1, 0.15) is 0 Å². The topological polar surface area (TPSA) is 60.2 Å². The highest BCUT2D eigenvalue weighted by Crippen LogP contribution is 2.31. The Labute approximate surface area is 107 Å². The molecule has 1 aromatic rings. The van der Waals surface area contributed by atoms with Crippen LogP contribution in [0.4, 0.5) is 0 Å². The van der Waals surface area contributed by atoms with Crippen LogP contribution in [-0.2, 0) is 4.74 Å². The van der Waals surface area contributed by atoms with Crippen LogP contribution in [0.1, 0.15) is 62.2 Å². The lowest BCUT2D eigenvalue weighted by Crippen LogP contribution is -2.35. The Morgan fingerprint density at radius 1 is 1.11 bits per heavy atom. The molecule has 1 atom stereocenters. The minimum atomic E-state index is 0.0991. The number of morpholine rings is 1. The van der Waals surface area contributed by atoms with Crippen LogP contribution >= 0.6 is 0 Å². The molecule has 5 heteroatoms. The molecule has 1 saturated carbocycles. The summed E-state index contributed by atoms with van der Waals surface area (Å²) in [6.07, 6.45) is 7.64. The summed E-state index contributed by atoms with van der Waals surface area (Å²) in [4.78, 5) is 4.58. The van der Waals surface area contributed by atoms with Gasteiger partial charge in [0.2, 0.25) is 5.89 Å². The number of rotatable bonds is 2. The molecule has 1 aliphatic carbocycles. The van der Waals surface area contributed by atoms with E-state index in [1.54, 1.807) is 0 Å². The van der Waals surface area contributed by atoms with Crippen LogP contribution in [0.5, 0.6) is 0 Å². The maximum absolute atomic E-state index is 5.46. The van der Waals surface area contributed by atoms with Crippen molar-refractivity contribution in [3.8, 4) is 0 Å². The smallest absolute Gasteiger partial charge is 0.229 e. The molecule has 0 amide bonds. The molecule has 2 aliphatic rings. The van der Waals surface area contributed by atoms with E-state index in [1.807, 2.05) is 0 Å². The second-order valence-corrected chi connectivity index (χ2v) is 5.26. The zero-order valence-corrected chi connectivity index (χ0v) is 10.7. The average Bonchev–Trinajstić information content (AvgIpc) is 2.76. The molecule has 1 saturated heterocycles. The molecule has 2 heterocycles. The Kier molecular flexibility index (Phi) is 3.90. The minimum absolute atomic E-state index is 0.0991. The van der Waals surface area contributed by atoms with E-state index in [9.17, 15) is 0 Å². The second-order valence-electron chi connectivity index (χ2n) is 5.26. The van der Waals surface area contributed by atoms with Crippen molar-refractivity contribution in [3.05, 3.63) is 11.7 Å². The van der Waals surface area contributed by atoms with Gasteiger partial charge in [-0.3, -0.25) is 0 Å². The first-order valence-corrected chi connectivity index (χ1v) is 7.08. The molecule has 1 unspecified atom stereocenters. The van der Waals surface area contributed by atoms with Crippen LogP contribution in [0, 0.1) is 0 Å². The molecule has 3 rings (SSSR count). The summed E-state index contributed by atoms with van der Waals surface area (Å²) in [5.74, 6) is 2.06. The number of hydrogen-bond acceptors (Lipinski definition) is 5. The van der Waals surface area contributed by atoms with Crippen molar-refractivity contribution >= 4 is 0 Å². The Morgan fingerprint density at radius 2 is 1.94 bits per heavy atom. The number of hydrogen-bond donors (Lipinski definition) is 1. The Morgan fingerprint density at radius 3 is 2.67 bits per heavy atom. The molecular weight excluding hydrogens is 230 g/mol. The number of ether oxygens (including phenoxy) is 1. The lowest BCUT2D eigenvalue weighted by molar-refractivity contribution is 0.0734. The quantitative estimate of drug-likeness (QED) is 0.816. The third-order valence-electron chi connectivity index (χ3n) is 3.90. The zero-order chi connectivity index (χ0) is 12.2. The molecule has 100 valence electrons. The van der Waals surface area contributed by atoms with Crippen molar-refractivity contribution in [3.63, 3.8) is 0 Å². The molecule has 1 aromatic heterocycles. The fourth-order valence-corrected chi connectivity index (χ4v) is 2.81. The highest BCUT2D eigenvalue weighted by Gasteiger charge is 2.25. The molecule has 0 bridgehead atoms. The highest BCUT2D eigenvalue weighted by molar-refractivity contribution is 4.99. The Hall–Kier alpha value is -0.940. The fourth-order valence-electron chi connectivity index (χ4n) is 2.81. The molecule has 5 nitrogen and oxygen atoms in total. The van der Waals surface area contributed by atoms with Crippen molar-refractivity contribution < 1.29 is 9.26 Å². The summed E-state index contributed by atoms with van der Waals surface area (Å²) in [5.41, 5.74) is 0. The molecule has 0 spiro atoms. The fraction of sp³-hybridized carbons (Fsp3) is 0.846. The summed E-state index contributed by atoms with van der Waals surface area (Å²) < 4.78 is 10.9. The average molecular weight is 251 g/mol. The van der Waals surface area contributed by atoms with E-state index >= 15 is 0 Å². The summed E-state index contributed by atoms with van der Waals surface area (Å²) in [6.45, 7) is 2.27. The van der Waals surface area contributed by atoms with Gasteiger partial charge in [0.15, 0.2) is 5.82 Å². The predicted molar refractivity (Wildman–Crippen MR) is 66.3 cm³/mol. The maximum atomic E-state index is 5.46. The molecule has 2 fully saturated rings. The van der Waals surface area contributed by atoms with Gasteiger partial charge in [0, 0.05) is 12.5 Å². The monoisotopic (exact) mass is 251 g/mol. The van der Waals surface area contributed by atoms with Gasteiger partial charge in [0.05, 0.1) is 19.3 Å². The van der Waals surface area contributed by atoms with Gasteiger partial charge in [-0.2, -0.15) is 4.98 Å². The lowest BCUT2D eigenvalue weighted by Gasteiger charge is -2.20. The first-order chi connectivity index (χ1) is 8.93. The zero-order valence-electron chi connectivity index (χ0n) is 10.7. The lowest BCUT2D eigenvalue weighted by atomic mass is 10.0. The summed E-state index contributed by atoms with van der Waals surface area (Å²) in [5, 5.41) is 7.47. The number of nitrogens with one attached hydrogen (secondary N) is 1. The predicted octanol–water partition coefficient (Wildman–Crippen LogP) is 2.17. The van der Waals surface area contributed by atoms with Gasteiger partial charge in [-0.15, -0.1) is 0 Å². The summed E-state index contributed by atoms with van der Waals surface area (Å²) >= 11 is 0. The maximum Gasteiger partial charge on any atom is 0.229 e. The van der Waals surface area contributed by atoms with Gasteiger partial charge in [-0.25, -0.2) is 0 Å². The van der Waals surface area contributed by atoms with E-state index in [1.165, 1.54) is 38.5 Å². The van der Waals surface area contributed by atoms with Crippen molar-refractivity contribution in [2.24, 2.45) is 0 Å². The van der Waals surface area contributed by atoms with Crippen LogP contribution in [0.2, 0.25) is 0 Å². The van der Waals surface area contributed by atoms with E-state index in [2.05, 4.69) is 15.5 Å². The SMILES string of the molecule is C1CCCC(c2nc(C3COCCN3)no2)CC1. The van der Waals surface area contributed by atoms with Crippen LogP contribution in [-0.4, -0.2) is 29.9 Å². The van der Waals surface area contributed by atoms with E-state index < -0.39 is 0 Å². The normalized spacial score (nSPS) is 27.0. The number of nitrogens with zero attached hydrogens (tertiary/aromatic N) is 2. The van der Waals surface area contributed by atoms with E-state index in [0.29, 0.717) is 12.5 Å². The van der Waals surface area contributed by atoms with E-state index in [4.69, 9.17) is 9.26 Å². The van der Waals surface area contributed by atoms with Crippen molar-refractivity contribution in [2.45, 2.75) is 50.5 Å². The Bertz CT molecular complexity index is 366. The molecule has 0 radical (unpaired) electrons. The third-order valence-corrected chi connectivity index (χ3v) is 3.90. The minimum Gasteiger partial charge on any atom is -0.378 e. The first-order valence-electron chi connectivity index (χ1n) is 7.08. The van der Waals surface area contributed by atoms with Crippen LogP contribution in [0.3, 0.4) is 0 Å². The van der Waals surface area contributed by atoms with Crippen molar-refractivity contribution in [1.29, 1.82) is 0 Å². The first kappa shape index (κ1) is 12.1. The number of aromatic nitrogens is 2. The largest absolute Gasteiger partial charge is 0.378 e. The van der Waals surface area contributed by atoms with Gasteiger partial charge in [-0.05, 0) is 12.8 Å². The van der Waals surface area contributed by atoms with E-state index in [0.717, 1.165) is 24.9 Å². The molecule has 1 N–H and O–H groups in total. The third kappa shape index (κ3) is 2.72. The molecule has 0 aromatic carbocycles. The van der Waals surface area contributed by atoms with Gasteiger partial charge in [0.25, 0.3) is 0 Å². The van der Waals surface area contributed by atoms with Gasteiger partial charge >= 0.3 is 0 Å². The van der Waals surface area contributed by atoms with Crippen LogP contribution in [0.15, 0.2) is 4.52 Å². The summed E-state index contributed by atoms with van der Waals surface area (Å²) in [7, 11) is 0. The Balaban J connectivity index is 1.67. The molecular formula is C13H21N3O2. The van der Waals surface area contributed by atoms with Crippen LogP contribution < -0.4 is 5.32 Å². The summed E-state index contributed by atoms with van der Waals surface area (Å²) in [6, 6.07) is 0.0991. The van der Waals surface area contributed by atoms with Crippen molar-refractivity contribution in [2.75, 3.05) is 19.8 Å². The van der Waals surface area contributed by atoms with E-state index in [-0.39, 0.29) is 6.04 Å².